The third-order valence-electron chi connectivity index (χ3n) is 3.66. The van der Waals surface area contributed by atoms with Crippen LogP contribution < -0.4 is 10.1 Å². The van der Waals surface area contributed by atoms with Crippen molar-refractivity contribution in [3.05, 3.63) is 65.5 Å². The number of para-hydroxylation sites is 1. The quantitative estimate of drug-likeness (QED) is 0.830. The van der Waals surface area contributed by atoms with Gasteiger partial charge in [0.15, 0.2) is 0 Å². The van der Waals surface area contributed by atoms with E-state index in [0.717, 1.165) is 11.3 Å². The first-order valence-corrected chi connectivity index (χ1v) is 7.29. The van der Waals surface area contributed by atoms with Gasteiger partial charge in [-0.2, -0.15) is 0 Å². The van der Waals surface area contributed by atoms with Gasteiger partial charge in [0.25, 0.3) is 0 Å². The Bertz CT molecular complexity index is 658. The summed E-state index contributed by atoms with van der Waals surface area (Å²) in [6.45, 7) is 1.93. The number of carbonyl (C=O) groups is 1. The predicted octanol–water partition coefficient (Wildman–Crippen LogP) is 3.40. The highest BCUT2D eigenvalue weighted by Crippen LogP contribution is 2.27. The number of rotatable bonds is 6. The van der Waals surface area contributed by atoms with E-state index in [1.54, 1.807) is 19.2 Å². The van der Waals surface area contributed by atoms with Crippen molar-refractivity contribution in [1.29, 1.82) is 0 Å². The Labute approximate surface area is 135 Å². The van der Waals surface area contributed by atoms with Gasteiger partial charge in [-0.05, 0) is 30.7 Å². The van der Waals surface area contributed by atoms with Crippen LogP contribution in [0.5, 0.6) is 5.75 Å². The van der Waals surface area contributed by atoms with Crippen LogP contribution in [0.3, 0.4) is 0 Å². The SMILES string of the molecule is COC(=O)C(NC(C)c1ccccc1OC)c1ccc(F)cc1. The van der Waals surface area contributed by atoms with E-state index in [1.807, 2.05) is 31.2 Å². The lowest BCUT2D eigenvalue weighted by molar-refractivity contribution is -0.143. The summed E-state index contributed by atoms with van der Waals surface area (Å²) in [6.07, 6.45) is 0. The lowest BCUT2D eigenvalue weighted by atomic mass is 10.0. The molecule has 0 bridgehead atoms. The number of halogens is 1. The topological polar surface area (TPSA) is 47.6 Å². The maximum Gasteiger partial charge on any atom is 0.327 e. The summed E-state index contributed by atoms with van der Waals surface area (Å²) in [7, 11) is 2.93. The number of methoxy groups -OCH3 is 2. The van der Waals surface area contributed by atoms with Gasteiger partial charge in [-0.1, -0.05) is 30.3 Å². The molecule has 0 heterocycles. The summed E-state index contributed by atoms with van der Waals surface area (Å²) >= 11 is 0. The van der Waals surface area contributed by atoms with Crippen molar-refractivity contribution in [2.75, 3.05) is 14.2 Å². The van der Waals surface area contributed by atoms with Crippen LogP contribution in [0, 0.1) is 5.82 Å². The van der Waals surface area contributed by atoms with Crippen molar-refractivity contribution < 1.29 is 18.7 Å². The fourth-order valence-electron chi connectivity index (χ4n) is 2.44. The molecule has 1 N–H and O–H groups in total. The molecule has 0 aromatic heterocycles. The summed E-state index contributed by atoms with van der Waals surface area (Å²) in [5.41, 5.74) is 1.56. The van der Waals surface area contributed by atoms with Gasteiger partial charge in [-0.3, -0.25) is 5.32 Å². The maximum atomic E-state index is 13.1. The highest BCUT2D eigenvalue weighted by molar-refractivity contribution is 5.77. The largest absolute Gasteiger partial charge is 0.496 e. The molecule has 0 aliphatic heterocycles. The van der Waals surface area contributed by atoms with Gasteiger partial charge in [-0.25, -0.2) is 9.18 Å². The standard InChI is InChI=1S/C18H20FNO3/c1-12(15-6-4-5-7-16(15)22-2)20-17(18(21)23-3)13-8-10-14(19)11-9-13/h4-12,17,20H,1-3H3. The predicted molar refractivity (Wildman–Crippen MR) is 85.7 cm³/mol. The zero-order chi connectivity index (χ0) is 16.8. The Morgan fingerprint density at radius 1 is 1.09 bits per heavy atom. The second kappa shape index (κ2) is 7.74. The molecule has 0 amide bonds. The van der Waals surface area contributed by atoms with E-state index in [1.165, 1.54) is 19.2 Å². The van der Waals surface area contributed by atoms with E-state index in [0.29, 0.717) is 5.56 Å². The van der Waals surface area contributed by atoms with Gasteiger partial charge in [0.2, 0.25) is 0 Å². The van der Waals surface area contributed by atoms with Crippen LogP contribution in [-0.4, -0.2) is 20.2 Å². The third kappa shape index (κ3) is 4.07. The average Bonchev–Trinajstić information content (AvgIpc) is 2.59. The first-order valence-electron chi connectivity index (χ1n) is 7.29. The molecular weight excluding hydrogens is 297 g/mol. The van der Waals surface area contributed by atoms with Gasteiger partial charge in [0.05, 0.1) is 14.2 Å². The summed E-state index contributed by atoms with van der Waals surface area (Å²) in [5, 5.41) is 3.22. The third-order valence-corrected chi connectivity index (χ3v) is 3.66. The molecule has 0 spiro atoms. The minimum Gasteiger partial charge on any atom is -0.496 e. The molecule has 0 fully saturated rings. The highest BCUT2D eigenvalue weighted by Gasteiger charge is 2.24. The van der Waals surface area contributed by atoms with E-state index >= 15 is 0 Å². The van der Waals surface area contributed by atoms with Crippen molar-refractivity contribution in [3.8, 4) is 5.75 Å². The fourth-order valence-corrected chi connectivity index (χ4v) is 2.44. The molecule has 0 saturated carbocycles. The number of esters is 1. The second-order valence-corrected chi connectivity index (χ2v) is 5.14. The molecular formula is C18H20FNO3. The van der Waals surface area contributed by atoms with Crippen molar-refractivity contribution in [1.82, 2.24) is 5.32 Å². The van der Waals surface area contributed by atoms with Gasteiger partial charge in [-0.15, -0.1) is 0 Å². The summed E-state index contributed by atoms with van der Waals surface area (Å²) in [6, 6.07) is 12.5. The van der Waals surface area contributed by atoms with Crippen LogP contribution >= 0.6 is 0 Å². The zero-order valence-corrected chi connectivity index (χ0v) is 13.4. The molecule has 5 heteroatoms. The van der Waals surface area contributed by atoms with Crippen molar-refractivity contribution in [2.24, 2.45) is 0 Å². The number of benzene rings is 2. The Balaban J connectivity index is 2.27. The zero-order valence-electron chi connectivity index (χ0n) is 13.4. The van der Waals surface area contributed by atoms with Gasteiger partial charge < -0.3 is 9.47 Å². The summed E-state index contributed by atoms with van der Waals surface area (Å²) in [5.74, 6) is -0.0521. The molecule has 2 aromatic rings. The molecule has 2 atom stereocenters. The second-order valence-electron chi connectivity index (χ2n) is 5.14. The smallest absolute Gasteiger partial charge is 0.327 e. The number of hydrogen-bond acceptors (Lipinski definition) is 4. The molecule has 2 unspecified atom stereocenters. The first-order chi connectivity index (χ1) is 11.1. The van der Waals surface area contributed by atoms with Crippen molar-refractivity contribution >= 4 is 5.97 Å². The Morgan fingerprint density at radius 3 is 2.35 bits per heavy atom. The average molecular weight is 317 g/mol. The number of carbonyl (C=O) groups excluding carboxylic acids is 1. The molecule has 0 aliphatic rings. The molecule has 4 nitrogen and oxygen atoms in total. The molecule has 2 rings (SSSR count). The molecule has 122 valence electrons. The lowest BCUT2D eigenvalue weighted by Gasteiger charge is -2.23. The van der Waals surface area contributed by atoms with Gasteiger partial charge >= 0.3 is 5.97 Å². The summed E-state index contributed by atoms with van der Waals surface area (Å²) in [4.78, 5) is 12.1. The molecule has 0 aliphatic carbocycles. The molecule has 2 aromatic carbocycles. The maximum absolute atomic E-state index is 13.1. The van der Waals surface area contributed by atoms with Crippen molar-refractivity contribution in [2.45, 2.75) is 19.0 Å². The van der Waals surface area contributed by atoms with Crippen LogP contribution in [0.1, 0.15) is 30.1 Å². The normalized spacial score (nSPS) is 13.2. The Kier molecular flexibility index (Phi) is 5.71. The Morgan fingerprint density at radius 2 is 1.74 bits per heavy atom. The molecule has 0 saturated heterocycles. The van der Waals surface area contributed by atoms with E-state index in [4.69, 9.17) is 9.47 Å². The van der Waals surface area contributed by atoms with Crippen LogP contribution in [0.4, 0.5) is 4.39 Å². The fraction of sp³-hybridized carbons (Fsp3) is 0.278. The van der Waals surface area contributed by atoms with Crippen LogP contribution in [0.15, 0.2) is 48.5 Å². The van der Waals surface area contributed by atoms with E-state index < -0.39 is 12.0 Å². The first kappa shape index (κ1) is 17.0. The number of nitrogens with one attached hydrogen (secondary N) is 1. The Hall–Kier alpha value is -2.40. The minimum atomic E-state index is -0.694. The van der Waals surface area contributed by atoms with Gasteiger partial charge in [0.1, 0.15) is 17.6 Å². The minimum absolute atomic E-state index is 0.166. The van der Waals surface area contributed by atoms with E-state index in [9.17, 15) is 9.18 Å². The van der Waals surface area contributed by atoms with Crippen molar-refractivity contribution in [3.63, 3.8) is 0 Å². The lowest BCUT2D eigenvalue weighted by Crippen LogP contribution is -2.32. The number of hydrogen-bond donors (Lipinski definition) is 1. The van der Waals surface area contributed by atoms with Crippen LogP contribution in [0.2, 0.25) is 0 Å². The highest BCUT2D eigenvalue weighted by atomic mass is 19.1. The molecule has 23 heavy (non-hydrogen) atoms. The summed E-state index contributed by atoms with van der Waals surface area (Å²) < 4.78 is 23.3. The van der Waals surface area contributed by atoms with E-state index in [-0.39, 0.29) is 11.9 Å². The van der Waals surface area contributed by atoms with E-state index in [2.05, 4.69) is 5.32 Å². The monoisotopic (exact) mass is 317 g/mol. The van der Waals surface area contributed by atoms with Crippen LogP contribution in [-0.2, 0) is 9.53 Å². The van der Waals surface area contributed by atoms with Crippen LogP contribution in [0.25, 0.3) is 0 Å². The van der Waals surface area contributed by atoms with Gasteiger partial charge in [0, 0.05) is 11.6 Å². The number of ether oxygens (including phenoxy) is 2. The molecule has 0 radical (unpaired) electrons.